The molecule has 7 nitrogen and oxygen atoms in total. The molecule has 0 radical (unpaired) electrons. The number of likely N-dealkylation sites (tertiary alicyclic amines) is 1. The second-order valence-corrected chi connectivity index (χ2v) is 9.74. The third-order valence-electron chi connectivity index (χ3n) is 6.84. The SMILES string of the molecule is O=C1C(=O)N(CCN2CCOCC2)C(c2cccc(OCc3ccccc3)c2)C1=C(O)c1ccc(Cl)cc1. The Morgan fingerprint density at radius 3 is 2.42 bits per heavy atom. The first kappa shape index (κ1) is 26.0. The van der Waals surface area contributed by atoms with Crippen LogP contribution in [0.25, 0.3) is 5.76 Å². The number of halogens is 1. The molecule has 0 aromatic heterocycles. The van der Waals surface area contributed by atoms with E-state index in [4.69, 9.17) is 21.1 Å². The first-order valence-corrected chi connectivity index (χ1v) is 13.0. The van der Waals surface area contributed by atoms with E-state index in [1.54, 1.807) is 29.2 Å². The molecular formula is C30H29ClN2O5. The van der Waals surface area contributed by atoms with Crippen LogP contribution in [-0.4, -0.2) is 66.0 Å². The van der Waals surface area contributed by atoms with Gasteiger partial charge < -0.3 is 19.5 Å². The van der Waals surface area contributed by atoms with Gasteiger partial charge in [-0.15, -0.1) is 0 Å². The predicted molar refractivity (Wildman–Crippen MR) is 145 cm³/mol. The molecule has 5 rings (SSSR count). The molecule has 2 heterocycles. The number of carbonyl (C=O) groups is 2. The van der Waals surface area contributed by atoms with Gasteiger partial charge in [-0.2, -0.15) is 0 Å². The number of aliphatic hydroxyl groups is 1. The minimum Gasteiger partial charge on any atom is -0.507 e. The van der Waals surface area contributed by atoms with Crippen LogP contribution in [0.3, 0.4) is 0 Å². The average Bonchev–Trinajstić information content (AvgIpc) is 3.21. The van der Waals surface area contributed by atoms with Crippen molar-refractivity contribution in [2.75, 3.05) is 39.4 Å². The summed E-state index contributed by atoms with van der Waals surface area (Å²) in [4.78, 5) is 30.4. The van der Waals surface area contributed by atoms with Crippen molar-refractivity contribution in [2.24, 2.45) is 0 Å². The summed E-state index contributed by atoms with van der Waals surface area (Å²) in [5, 5.41) is 11.8. The molecule has 2 fully saturated rings. The molecule has 2 saturated heterocycles. The maximum absolute atomic E-state index is 13.3. The lowest BCUT2D eigenvalue weighted by Gasteiger charge is -2.31. The molecule has 2 aliphatic rings. The van der Waals surface area contributed by atoms with Crippen LogP contribution >= 0.6 is 11.6 Å². The largest absolute Gasteiger partial charge is 0.507 e. The Balaban J connectivity index is 1.49. The standard InChI is InChI=1S/C30H29ClN2O5/c31-24-11-9-22(10-12-24)28(34)26-27(33(30(36)29(26)35)14-13-32-15-17-37-18-16-32)23-7-4-8-25(19-23)38-20-21-5-2-1-3-6-21/h1-12,19,27,34H,13-18,20H2. The lowest BCUT2D eigenvalue weighted by atomic mass is 9.95. The summed E-state index contributed by atoms with van der Waals surface area (Å²) >= 11 is 6.03. The lowest BCUT2D eigenvalue weighted by Crippen LogP contribution is -2.42. The highest BCUT2D eigenvalue weighted by atomic mass is 35.5. The van der Waals surface area contributed by atoms with Crippen LogP contribution in [0.2, 0.25) is 5.02 Å². The molecule has 1 N–H and O–H groups in total. The van der Waals surface area contributed by atoms with Crippen molar-refractivity contribution in [1.29, 1.82) is 0 Å². The molecule has 8 heteroatoms. The molecule has 0 saturated carbocycles. The van der Waals surface area contributed by atoms with E-state index in [1.165, 1.54) is 0 Å². The van der Waals surface area contributed by atoms with Gasteiger partial charge in [0, 0.05) is 36.8 Å². The lowest BCUT2D eigenvalue weighted by molar-refractivity contribution is -0.140. The van der Waals surface area contributed by atoms with E-state index in [9.17, 15) is 14.7 Å². The second kappa shape index (κ2) is 11.8. The van der Waals surface area contributed by atoms with Gasteiger partial charge in [0.15, 0.2) is 0 Å². The first-order valence-electron chi connectivity index (χ1n) is 12.6. The minimum absolute atomic E-state index is 0.0551. The Bertz CT molecular complexity index is 1320. The number of Topliss-reactive ketones (excluding diaryl/α,β-unsaturated/α-hetero) is 1. The number of aliphatic hydroxyl groups excluding tert-OH is 1. The van der Waals surface area contributed by atoms with Crippen LogP contribution in [0.5, 0.6) is 5.75 Å². The summed E-state index contributed by atoms with van der Waals surface area (Å²) in [7, 11) is 0. The molecule has 1 unspecified atom stereocenters. The van der Waals surface area contributed by atoms with Crippen molar-refractivity contribution in [2.45, 2.75) is 12.6 Å². The highest BCUT2D eigenvalue weighted by molar-refractivity contribution is 6.46. The first-order chi connectivity index (χ1) is 18.5. The third kappa shape index (κ3) is 5.75. The number of ketones is 1. The van der Waals surface area contributed by atoms with E-state index in [1.807, 2.05) is 54.6 Å². The molecule has 1 amide bonds. The molecule has 0 bridgehead atoms. The fourth-order valence-electron chi connectivity index (χ4n) is 4.81. The fraction of sp³-hybridized carbons (Fsp3) is 0.267. The van der Waals surface area contributed by atoms with Gasteiger partial charge in [-0.3, -0.25) is 14.5 Å². The van der Waals surface area contributed by atoms with E-state index in [0.29, 0.717) is 54.8 Å². The van der Waals surface area contributed by atoms with Gasteiger partial charge in [0.2, 0.25) is 0 Å². The zero-order chi connectivity index (χ0) is 26.5. The smallest absolute Gasteiger partial charge is 0.295 e. The molecule has 2 aliphatic heterocycles. The molecule has 196 valence electrons. The highest BCUT2D eigenvalue weighted by Gasteiger charge is 2.46. The number of hydrogen-bond acceptors (Lipinski definition) is 6. The number of ether oxygens (including phenoxy) is 2. The van der Waals surface area contributed by atoms with E-state index >= 15 is 0 Å². The Morgan fingerprint density at radius 1 is 0.947 bits per heavy atom. The number of rotatable bonds is 8. The number of morpholine rings is 1. The molecule has 1 atom stereocenters. The minimum atomic E-state index is -0.757. The molecule has 3 aromatic carbocycles. The third-order valence-corrected chi connectivity index (χ3v) is 7.09. The van der Waals surface area contributed by atoms with Crippen LogP contribution < -0.4 is 4.74 Å². The van der Waals surface area contributed by atoms with E-state index < -0.39 is 17.7 Å². The Morgan fingerprint density at radius 2 is 1.68 bits per heavy atom. The van der Waals surface area contributed by atoms with Crippen LogP contribution in [-0.2, 0) is 20.9 Å². The summed E-state index contributed by atoms with van der Waals surface area (Å²) in [5.74, 6) is -0.958. The summed E-state index contributed by atoms with van der Waals surface area (Å²) in [5.41, 5.74) is 2.19. The van der Waals surface area contributed by atoms with Crippen molar-refractivity contribution in [3.63, 3.8) is 0 Å². The Labute approximate surface area is 226 Å². The van der Waals surface area contributed by atoms with Crippen LogP contribution in [0, 0.1) is 0 Å². The summed E-state index contributed by atoms with van der Waals surface area (Å²) in [6, 6.07) is 23.0. The van der Waals surface area contributed by atoms with Gasteiger partial charge in [0.25, 0.3) is 11.7 Å². The molecule has 38 heavy (non-hydrogen) atoms. The fourth-order valence-corrected chi connectivity index (χ4v) is 4.94. The number of hydrogen-bond donors (Lipinski definition) is 1. The number of amides is 1. The Hall–Kier alpha value is -3.65. The van der Waals surface area contributed by atoms with Gasteiger partial charge in [0.1, 0.15) is 18.1 Å². The highest BCUT2D eigenvalue weighted by Crippen LogP contribution is 2.40. The molecule has 0 spiro atoms. The van der Waals surface area contributed by atoms with Crippen LogP contribution in [0.15, 0.2) is 84.4 Å². The van der Waals surface area contributed by atoms with Gasteiger partial charge in [-0.05, 0) is 47.5 Å². The second-order valence-electron chi connectivity index (χ2n) is 9.30. The number of carbonyl (C=O) groups excluding carboxylic acids is 2. The van der Waals surface area contributed by atoms with Crippen molar-refractivity contribution in [1.82, 2.24) is 9.80 Å². The van der Waals surface area contributed by atoms with Gasteiger partial charge in [0.05, 0.1) is 24.8 Å². The average molecular weight is 533 g/mol. The van der Waals surface area contributed by atoms with Crippen LogP contribution in [0.4, 0.5) is 0 Å². The Kier molecular flexibility index (Phi) is 8.08. The maximum Gasteiger partial charge on any atom is 0.295 e. The maximum atomic E-state index is 13.3. The van der Waals surface area contributed by atoms with E-state index in [0.717, 1.165) is 18.7 Å². The van der Waals surface area contributed by atoms with Gasteiger partial charge in [-0.25, -0.2) is 0 Å². The van der Waals surface area contributed by atoms with E-state index in [-0.39, 0.29) is 11.3 Å². The molecule has 0 aliphatic carbocycles. The predicted octanol–water partition coefficient (Wildman–Crippen LogP) is 4.67. The monoisotopic (exact) mass is 532 g/mol. The zero-order valence-corrected chi connectivity index (χ0v) is 21.6. The van der Waals surface area contributed by atoms with Crippen molar-refractivity contribution >= 4 is 29.1 Å². The summed E-state index contributed by atoms with van der Waals surface area (Å²) in [6.45, 7) is 4.12. The number of benzene rings is 3. The van der Waals surface area contributed by atoms with Gasteiger partial charge in [-0.1, -0.05) is 54.1 Å². The van der Waals surface area contributed by atoms with Crippen LogP contribution in [0.1, 0.15) is 22.7 Å². The normalized spacial score (nSPS) is 19.6. The number of nitrogens with zero attached hydrogens (tertiary/aromatic N) is 2. The van der Waals surface area contributed by atoms with E-state index in [2.05, 4.69) is 4.90 Å². The molecule has 3 aromatic rings. The van der Waals surface area contributed by atoms with Crippen molar-refractivity contribution in [3.05, 3.63) is 106 Å². The van der Waals surface area contributed by atoms with Crippen molar-refractivity contribution in [3.8, 4) is 5.75 Å². The topological polar surface area (TPSA) is 79.3 Å². The van der Waals surface area contributed by atoms with Gasteiger partial charge >= 0.3 is 0 Å². The summed E-state index contributed by atoms with van der Waals surface area (Å²) < 4.78 is 11.5. The summed E-state index contributed by atoms with van der Waals surface area (Å²) in [6.07, 6.45) is 0. The van der Waals surface area contributed by atoms with Crippen molar-refractivity contribution < 1.29 is 24.2 Å². The molecular weight excluding hydrogens is 504 g/mol. The zero-order valence-electron chi connectivity index (χ0n) is 20.9. The quantitative estimate of drug-likeness (QED) is 0.258.